The lowest BCUT2D eigenvalue weighted by Gasteiger charge is -2.33. The molecule has 1 saturated heterocycles. The van der Waals surface area contributed by atoms with Gasteiger partial charge in [0.05, 0.1) is 24.5 Å². The fourth-order valence-corrected chi connectivity index (χ4v) is 3.19. The van der Waals surface area contributed by atoms with Crippen LogP contribution >= 0.6 is 0 Å². The van der Waals surface area contributed by atoms with Gasteiger partial charge in [-0.3, -0.25) is 9.78 Å². The van der Waals surface area contributed by atoms with Crippen molar-refractivity contribution in [3.63, 3.8) is 0 Å². The topological polar surface area (TPSA) is 94.5 Å². The zero-order chi connectivity index (χ0) is 18.0. The molecule has 0 aromatic carbocycles. The highest BCUT2D eigenvalue weighted by Gasteiger charge is 2.26. The van der Waals surface area contributed by atoms with Gasteiger partial charge in [-0.05, 0) is 39.3 Å². The summed E-state index contributed by atoms with van der Waals surface area (Å²) in [5.74, 6) is 0.888. The van der Waals surface area contributed by atoms with E-state index in [4.69, 9.17) is 15.0 Å². The van der Waals surface area contributed by atoms with E-state index in [0.29, 0.717) is 38.2 Å². The normalized spacial score (nSPS) is 17.7. The first-order valence-corrected chi connectivity index (χ1v) is 8.49. The number of hydrogen-bond donors (Lipinski definition) is 1. The van der Waals surface area contributed by atoms with Crippen LogP contribution in [0.2, 0.25) is 0 Å². The lowest BCUT2D eigenvalue weighted by atomic mass is 10.1. The molecule has 0 radical (unpaired) electrons. The van der Waals surface area contributed by atoms with Gasteiger partial charge in [0, 0.05) is 29.9 Å². The number of aromatic nitrogens is 2. The molecule has 7 heteroatoms. The maximum Gasteiger partial charge on any atom is 0.223 e. The molecule has 134 valence electrons. The summed E-state index contributed by atoms with van der Waals surface area (Å²) in [6.07, 6.45) is 0.829. The molecule has 3 rings (SSSR count). The quantitative estimate of drug-likeness (QED) is 0.913. The van der Waals surface area contributed by atoms with Gasteiger partial charge in [-0.1, -0.05) is 5.16 Å². The smallest absolute Gasteiger partial charge is 0.223 e. The molecule has 2 aromatic heterocycles. The summed E-state index contributed by atoms with van der Waals surface area (Å²) in [4.78, 5) is 18.9. The van der Waals surface area contributed by atoms with Gasteiger partial charge in [-0.2, -0.15) is 0 Å². The monoisotopic (exact) mass is 344 g/mol. The van der Waals surface area contributed by atoms with Gasteiger partial charge >= 0.3 is 0 Å². The third kappa shape index (κ3) is 3.99. The number of nitrogens with zero attached hydrogens (tertiary/aromatic N) is 3. The number of morpholine rings is 1. The Bertz CT molecular complexity index is 732. The molecule has 1 atom stereocenters. The minimum Gasteiger partial charge on any atom is -0.399 e. The number of nitrogens with two attached hydrogens (primary N) is 1. The van der Waals surface area contributed by atoms with Crippen LogP contribution in [0.1, 0.15) is 40.9 Å². The van der Waals surface area contributed by atoms with Gasteiger partial charge in [0.2, 0.25) is 5.91 Å². The van der Waals surface area contributed by atoms with Crippen LogP contribution in [0.25, 0.3) is 0 Å². The van der Waals surface area contributed by atoms with Crippen molar-refractivity contribution in [1.82, 2.24) is 15.0 Å². The van der Waals surface area contributed by atoms with Crippen LogP contribution in [-0.4, -0.2) is 40.6 Å². The van der Waals surface area contributed by atoms with E-state index in [2.05, 4.69) is 10.1 Å². The van der Waals surface area contributed by atoms with E-state index in [1.54, 1.807) is 0 Å². The number of nitrogen functional groups attached to an aromatic ring is 1. The molecule has 0 spiro atoms. The molecule has 2 N–H and O–H groups in total. The Kier molecular flexibility index (Phi) is 5.03. The van der Waals surface area contributed by atoms with Gasteiger partial charge in [0.15, 0.2) is 0 Å². The summed E-state index contributed by atoms with van der Waals surface area (Å²) in [6.45, 7) is 7.26. The highest BCUT2D eigenvalue weighted by atomic mass is 16.5. The van der Waals surface area contributed by atoms with Crippen LogP contribution in [0.15, 0.2) is 16.7 Å². The lowest BCUT2D eigenvalue weighted by Crippen LogP contribution is -2.42. The summed E-state index contributed by atoms with van der Waals surface area (Å²) < 4.78 is 11.0. The summed E-state index contributed by atoms with van der Waals surface area (Å²) >= 11 is 0. The molecule has 1 aliphatic heterocycles. The van der Waals surface area contributed by atoms with Crippen LogP contribution in [0.4, 0.5) is 5.69 Å². The fourth-order valence-electron chi connectivity index (χ4n) is 3.19. The second-order valence-electron chi connectivity index (χ2n) is 6.47. The summed E-state index contributed by atoms with van der Waals surface area (Å²) in [7, 11) is 0. The molecule has 1 amide bonds. The number of carbonyl (C=O) groups is 1. The van der Waals surface area contributed by atoms with Crippen molar-refractivity contribution in [2.75, 3.05) is 25.4 Å². The first-order chi connectivity index (χ1) is 11.9. The molecule has 1 fully saturated rings. The highest BCUT2D eigenvalue weighted by Crippen LogP contribution is 2.24. The number of carbonyl (C=O) groups excluding carboxylic acids is 1. The van der Waals surface area contributed by atoms with Gasteiger partial charge in [0.25, 0.3) is 0 Å². The van der Waals surface area contributed by atoms with Crippen molar-refractivity contribution in [3.8, 4) is 0 Å². The molecule has 3 heterocycles. The van der Waals surface area contributed by atoms with Crippen LogP contribution in [-0.2, 0) is 16.0 Å². The first kappa shape index (κ1) is 17.4. The van der Waals surface area contributed by atoms with Crippen molar-refractivity contribution in [1.29, 1.82) is 0 Å². The maximum atomic E-state index is 12.6. The molecular weight excluding hydrogens is 320 g/mol. The number of pyridine rings is 1. The van der Waals surface area contributed by atoms with E-state index in [0.717, 1.165) is 28.4 Å². The SMILES string of the molecule is Cc1cc(N)cc([C@@H]2CN(C(=O)CCc3c(C)noc3C)CCO2)n1. The van der Waals surface area contributed by atoms with Gasteiger partial charge in [0.1, 0.15) is 11.9 Å². The van der Waals surface area contributed by atoms with Gasteiger partial charge < -0.3 is 19.9 Å². The number of ether oxygens (including phenoxy) is 1. The lowest BCUT2D eigenvalue weighted by molar-refractivity contribution is -0.139. The van der Waals surface area contributed by atoms with Crippen LogP contribution in [0.3, 0.4) is 0 Å². The second-order valence-corrected chi connectivity index (χ2v) is 6.47. The third-order valence-electron chi connectivity index (χ3n) is 4.51. The van der Waals surface area contributed by atoms with Gasteiger partial charge in [-0.15, -0.1) is 0 Å². The molecular formula is C18H24N4O3. The number of amides is 1. The largest absolute Gasteiger partial charge is 0.399 e. The Morgan fingerprint density at radius 1 is 1.36 bits per heavy atom. The summed E-state index contributed by atoms with van der Waals surface area (Å²) in [5, 5.41) is 3.93. The summed E-state index contributed by atoms with van der Waals surface area (Å²) in [5.41, 5.74) is 10.1. The second kappa shape index (κ2) is 7.23. The van der Waals surface area contributed by atoms with E-state index in [9.17, 15) is 4.79 Å². The number of rotatable bonds is 4. The Hall–Kier alpha value is -2.41. The van der Waals surface area contributed by atoms with Crippen molar-refractivity contribution in [2.45, 2.75) is 39.7 Å². The predicted octanol–water partition coefficient (Wildman–Crippen LogP) is 2.11. The minimum atomic E-state index is -0.237. The number of aryl methyl sites for hydroxylation is 3. The zero-order valence-corrected chi connectivity index (χ0v) is 14.9. The predicted molar refractivity (Wildman–Crippen MR) is 93.0 cm³/mol. The molecule has 0 aliphatic carbocycles. The Morgan fingerprint density at radius 2 is 2.16 bits per heavy atom. The number of anilines is 1. The average Bonchev–Trinajstić information content (AvgIpc) is 2.90. The summed E-state index contributed by atoms with van der Waals surface area (Å²) in [6, 6.07) is 3.63. The van der Waals surface area contributed by atoms with Crippen LogP contribution < -0.4 is 5.73 Å². The standard InChI is InChI=1S/C18H24N4O3/c1-11-8-14(19)9-16(20-11)17-10-22(6-7-24-17)18(23)5-4-15-12(2)21-25-13(15)3/h8-9,17H,4-7,10H2,1-3H3,(H2,19,20)/t17-/m0/s1. The molecule has 0 unspecified atom stereocenters. The van der Waals surface area contributed by atoms with Crippen molar-refractivity contribution in [3.05, 3.63) is 40.5 Å². The Balaban J connectivity index is 1.63. The molecule has 25 heavy (non-hydrogen) atoms. The van der Waals surface area contributed by atoms with Crippen LogP contribution in [0, 0.1) is 20.8 Å². The third-order valence-corrected chi connectivity index (χ3v) is 4.51. The van der Waals surface area contributed by atoms with E-state index in [-0.39, 0.29) is 12.0 Å². The van der Waals surface area contributed by atoms with Crippen LogP contribution in [0.5, 0.6) is 0 Å². The van der Waals surface area contributed by atoms with Crippen molar-refractivity contribution >= 4 is 11.6 Å². The average molecular weight is 344 g/mol. The van der Waals surface area contributed by atoms with Crippen molar-refractivity contribution in [2.24, 2.45) is 0 Å². The highest BCUT2D eigenvalue weighted by molar-refractivity contribution is 5.76. The molecule has 0 saturated carbocycles. The Morgan fingerprint density at radius 3 is 2.84 bits per heavy atom. The number of hydrogen-bond acceptors (Lipinski definition) is 6. The van der Waals surface area contributed by atoms with E-state index in [1.165, 1.54) is 0 Å². The van der Waals surface area contributed by atoms with Gasteiger partial charge in [-0.25, -0.2) is 0 Å². The van der Waals surface area contributed by atoms with E-state index < -0.39 is 0 Å². The zero-order valence-electron chi connectivity index (χ0n) is 14.9. The maximum absolute atomic E-state index is 12.6. The Labute approximate surface area is 147 Å². The van der Waals surface area contributed by atoms with E-state index >= 15 is 0 Å². The fraction of sp³-hybridized carbons (Fsp3) is 0.500. The minimum absolute atomic E-state index is 0.105. The van der Waals surface area contributed by atoms with E-state index in [1.807, 2.05) is 37.8 Å². The molecule has 7 nitrogen and oxygen atoms in total. The van der Waals surface area contributed by atoms with Crippen molar-refractivity contribution < 1.29 is 14.1 Å². The molecule has 1 aliphatic rings. The first-order valence-electron chi connectivity index (χ1n) is 8.49. The molecule has 0 bridgehead atoms. The molecule has 2 aromatic rings.